The number of aryl methyl sites for hydroxylation is 1. The molecule has 2 N–H and O–H groups in total. The number of nitrogens with one attached hydrogen (secondary N) is 1. The van der Waals surface area contributed by atoms with E-state index in [1.54, 1.807) is 0 Å². The highest BCUT2D eigenvalue weighted by atomic mass is 16.3. The molecule has 0 spiro atoms. The second-order valence-corrected chi connectivity index (χ2v) is 6.51. The van der Waals surface area contributed by atoms with Crippen molar-refractivity contribution in [3.05, 3.63) is 23.4 Å². The zero-order valence-electron chi connectivity index (χ0n) is 12.5. The molecule has 0 aromatic carbocycles. The van der Waals surface area contributed by atoms with Gasteiger partial charge >= 0.3 is 0 Å². The van der Waals surface area contributed by atoms with Crippen molar-refractivity contribution in [3.63, 3.8) is 0 Å². The van der Waals surface area contributed by atoms with Crippen molar-refractivity contribution in [2.75, 3.05) is 18.5 Å². The summed E-state index contributed by atoms with van der Waals surface area (Å²) in [6, 6.07) is 2.98. The third-order valence-electron chi connectivity index (χ3n) is 4.38. The number of aliphatic hydroxyl groups excluding tert-OH is 1. The minimum absolute atomic E-state index is 0.0710. The van der Waals surface area contributed by atoms with Crippen molar-refractivity contribution in [1.82, 2.24) is 10.3 Å². The van der Waals surface area contributed by atoms with E-state index in [0.717, 1.165) is 37.8 Å². The number of rotatable bonds is 6. The average molecular weight is 275 g/mol. The second-order valence-electron chi connectivity index (χ2n) is 6.51. The fourth-order valence-corrected chi connectivity index (χ4v) is 3.00. The second kappa shape index (κ2) is 5.70. The summed E-state index contributed by atoms with van der Waals surface area (Å²) in [5.41, 5.74) is 2.51. The summed E-state index contributed by atoms with van der Waals surface area (Å²) in [5, 5.41) is 12.9. The maximum absolute atomic E-state index is 9.36. The molecule has 0 radical (unpaired) electrons. The van der Waals surface area contributed by atoms with Crippen LogP contribution in [0.4, 0.5) is 5.82 Å². The molecule has 0 amide bonds. The molecule has 1 aromatic rings. The highest BCUT2D eigenvalue weighted by Gasteiger charge is 2.28. The minimum Gasteiger partial charge on any atom is -0.393 e. The van der Waals surface area contributed by atoms with Crippen molar-refractivity contribution in [2.45, 2.75) is 51.3 Å². The SMILES string of the molecule is Cc1cc(CNC2CC2)cnc1N(C)CC1CC(O)C1. The van der Waals surface area contributed by atoms with Crippen LogP contribution >= 0.6 is 0 Å². The average Bonchev–Trinajstić information content (AvgIpc) is 3.18. The molecule has 0 aliphatic heterocycles. The number of aromatic nitrogens is 1. The molecule has 2 fully saturated rings. The van der Waals surface area contributed by atoms with E-state index in [2.05, 4.69) is 35.2 Å². The molecule has 0 unspecified atom stereocenters. The van der Waals surface area contributed by atoms with Gasteiger partial charge in [-0.2, -0.15) is 0 Å². The number of hydrogen-bond acceptors (Lipinski definition) is 4. The minimum atomic E-state index is -0.0710. The van der Waals surface area contributed by atoms with Gasteiger partial charge in [0.1, 0.15) is 5.82 Å². The summed E-state index contributed by atoms with van der Waals surface area (Å²) in [6.45, 7) is 4.05. The Labute approximate surface area is 121 Å². The lowest BCUT2D eigenvalue weighted by atomic mass is 9.82. The van der Waals surface area contributed by atoms with Gasteiger partial charge in [-0.3, -0.25) is 0 Å². The molecule has 1 aromatic heterocycles. The maximum Gasteiger partial charge on any atom is 0.131 e. The molecule has 1 heterocycles. The Balaban J connectivity index is 1.57. The van der Waals surface area contributed by atoms with Gasteiger partial charge in [0.05, 0.1) is 6.10 Å². The van der Waals surface area contributed by atoms with Gasteiger partial charge in [-0.25, -0.2) is 4.98 Å². The lowest BCUT2D eigenvalue weighted by molar-refractivity contribution is 0.0464. The zero-order valence-corrected chi connectivity index (χ0v) is 12.5. The third-order valence-corrected chi connectivity index (χ3v) is 4.38. The van der Waals surface area contributed by atoms with Crippen LogP contribution in [0.25, 0.3) is 0 Å². The van der Waals surface area contributed by atoms with Gasteiger partial charge in [-0.1, -0.05) is 0 Å². The van der Waals surface area contributed by atoms with Gasteiger partial charge in [0.2, 0.25) is 0 Å². The molecule has 0 saturated heterocycles. The maximum atomic E-state index is 9.36. The van der Waals surface area contributed by atoms with E-state index in [9.17, 15) is 5.11 Å². The van der Waals surface area contributed by atoms with E-state index < -0.39 is 0 Å². The Kier molecular flexibility index (Phi) is 3.94. The molecule has 4 heteroatoms. The normalized spacial score (nSPS) is 25.4. The molecular weight excluding hydrogens is 250 g/mol. The van der Waals surface area contributed by atoms with Crippen LogP contribution < -0.4 is 10.2 Å². The lowest BCUT2D eigenvalue weighted by Crippen LogP contribution is -2.37. The topological polar surface area (TPSA) is 48.4 Å². The molecule has 2 aliphatic carbocycles. The molecule has 3 rings (SSSR count). The van der Waals surface area contributed by atoms with Crippen LogP contribution in [0, 0.1) is 12.8 Å². The van der Waals surface area contributed by atoms with Gasteiger partial charge in [0.25, 0.3) is 0 Å². The molecule has 2 aliphatic rings. The fraction of sp³-hybridized carbons (Fsp3) is 0.688. The molecule has 4 nitrogen and oxygen atoms in total. The Bertz CT molecular complexity index is 467. The van der Waals surface area contributed by atoms with Gasteiger partial charge in [-0.05, 0) is 55.7 Å². The number of nitrogens with zero attached hydrogens (tertiary/aromatic N) is 2. The first-order valence-electron chi connectivity index (χ1n) is 7.70. The van der Waals surface area contributed by atoms with Crippen molar-refractivity contribution in [2.24, 2.45) is 5.92 Å². The summed E-state index contributed by atoms with van der Waals surface area (Å²) in [4.78, 5) is 6.86. The van der Waals surface area contributed by atoms with Crippen LogP contribution in [0.1, 0.15) is 36.8 Å². The zero-order chi connectivity index (χ0) is 14.1. The fourth-order valence-electron chi connectivity index (χ4n) is 3.00. The largest absolute Gasteiger partial charge is 0.393 e. The number of anilines is 1. The summed E-state index contributed by atoms with van der Waals surface area (Å²) in [6.07, 6.45) is 6.43. The van der Waals surface area contributed by atoms with E-state index in [1.807, 2.05) is 6.20 Å². The summed E-state index contributed by atoms with van der Waals surface area (Å²) in [7, 11) is 2.10. The third kappa shape index (κ3) is 3.30. The van der Waals surface area contributed by atoms with E-state index in [-0.39, 0.29) is 6.10 Å². The van der Waals surface area contributed by atoms with Crippen LogP contribution in [-0.2, 0) is 6.54 Å². The highest BCUT2D eigenvalue weighted by molar-refractivity contribution is 5.46. The summed E-state index contributed by atoms with van der Waals surface area (Å²) >= 11 is 0. The smallest absolute Gasteiger partial charge is 0.131 e. The van der Waals surface area contributed by atoms with Crippen molar-refractivity contribution >= 4 is 5.82 Å². The summed E-state index contributed by atoms with van der Waals surface area (Å²) < 4.78 is 0. The number of aliphatic hydroxyl groups is 1. The van der Waals surface area contributed by atoms with Gasteiger partial charge in [-0.15, -0.1) is 0 Å². The van der Waals surface area contributed by atoms with E-state index in [0.29, 0.717) is 5.92 Å². The predicted octanol–water partition coefficient (Wildman–Crippen LogP) is 1.85. The van der Waals surface area contributed by atoms with Crippen LogP contribution in [0.5, 0.6) is 0 Å². The van der Waals surface area contributed by atoms with Crippen molar-refractivity contribution in [3.8, 4) is 0 Å². The van der Waals surface area contributed by atoms with Gasteiger partial charge in [0, 0.05) is 32.4 Å². The van der Waals surface area contributed by atoms with Crippen molar-refractivity contribution in [1.29, 1.82) is 0 Å². The van der Waals surface area contributed by atoms with Crippen LogP contribution in [0.3, 0.4) is 0 Å². The first-order valence-corrected chi connectivity index (χ1v) is 7.70. The monoisotopic (exact) mass is 275 g/mol. The first-order chi connectivity index (χ1) is 9.61. The van der Waals surface area contributed by atoms with E-state index in [4.69, 9.17) is 0 Å². The Morgan fingerprint density at radius 2 is 2.15 bits per heavy atom. The van der Waals surface area contributed by atoms with Crippen LogP contribution in [0.2, 0.25) is 0 Å². The van der Waals surface area contributed by atoms with Crippen LogP contribution in [0.15, 0.2) is 12.3 Å². The predicted molar refractivity (Wildman–Crippen MR) is 80.8 cm³/mol. The molecule has 20 heavy (non-hydrogen) atoms. The lowest BCUT2D eigenvalue weighted by Gasteiger charge is -2.35. The van der Waals surface area contributed by atoms with Crippen molar-refractivity contribution < 1.29 is 5.11 Å². The molecule has 0 bridgehead atoms. The number of pyridine rings is 1. The molecule has 2 saturated carbocycles. The standard InChI is InChI=1S/C16H25N3O/c1-11-5-13(8-17-14-3-4-14)9-18-16(11)19(2)10-12-6-15(20)7-12/h5,9,12,14-15,17,20H,3-4,6-8,10H2,1-2H3. The Morgan fingerprint density at radius 1 is 1.40 bits per heavy atom. The number of hydrogen-bond donors (Lipinski definition) is 2. The quantitative estimate of drug-likeness (QED) is 0.832. The highest BCUT2D eigenvalue weighted by Crippen LogP contribution is 2.29. The van der Waals surface area contributed by atoms with Crippen LogP contribution in [-0.4, -0.2) is 35.8 Å². The molecule has 0 atom stereocenters. The van der Waals surface area contributed by atoms with E-state index in [1.165, 1.54) is 24.0 Å². The Morgan fingerprint density at radius 3 is 2.75 bits per heavy atom. The van der Waals surface area contributed by atoms with Gasteiger partial charge < -0.3 is 15.3 Å². The summed E-state index contributed by atoms with van der Waals surface area (Å²) in [5.74, 6) is 1.69. The molecule has 110 valence electrons. The van der Waals surface area contributed by atoms with Gasteiger partial charge in [0.15, 0.2) is 0 Å². The first kappa shape index (κ1) is 13.8. The molecular formula is C16H25N3O. The Hall–Kier alpha value is -1.13. The van der Waals surface area contributed by atoms with E-state index >= 15 is 0 Å².